The van der Waals surface area contributed by atoms with Crippen molar-refractivity contribution in [3.63, 3.8) is 0 Å². The molecule has 28 heavy (non-hydrogen) atoms. The van der Waals surface area contributed by atoms with Gasteiger partial charge in [0.1, 0.15) is 0 Å². The summed E-state index contributed by atoms with van der Waals surface area (Å²) < 4.78 is 6.89. The van der Waals surface area contributed by atoms with Gasteiger partial charge in [-0.2, -0.15) is 0 Å². The number of ether oxygens (including phenoxy) is 1. The highest BCUT2D eigenvalue weighted by Gasteiger charge is 2.11. The lowest BCUT2D eigenvalue weighted by atomic mass is 10.1. The predicted molar refractivity (Wildman–Crippen MR) is 112 cm³/mol. The molecule has 0 fully saturated rings. The van der Waals surface area contributed by atoms with Crippen LogP contribution in [0, 0.1) is 11.7 Å². The molecule has 0 unspecified atom stereocenters. The van der Waals surface area contributed by atoms with E-state index >= 15 is 0 Å². The maximum absolute atomic E-state index is 12.7. The maximum Gasteiger partial charge on any atom is 0.262 e. The van der Waals surface area contributed by atoms with Crippen molar-refractivity contribution in [3.05, 3.63) is 74.3 Å². The van der Waals surface area contributed by atoms with E-state index in [1.807, 2.05) is 31.2 Å². The average Bonchev–Trinajstić information content (AvgIpc) is 2.69. The Bertz CT molecular complexity index is 1120. The summed E-state index contributed by atoms with van der Waals surface area (Å²) in [5, 5.41) is 3.42. The van der Waals surface area contributed by atoms with Crippen LogP contribution in [0.5, 0.6) is 0 Å². The molecule has 146 valence electrons. The smallest absolute Gasteiger partial charge is 0.262 e. The number of fused-ring (bicyclic) bond motifs is 1. The van der Waals surface area contributed by atoms with Crippen LogP contribution in [-0.2, 0) is 17.8 Å². The number of amides is 1. The molecule has 1 heterocycles. The van der Waals surface area contributed by atoms with Crippen LogP contribution in [0.2, 0.25) is 0 Å². The molecule has 0 aliphatic carbocycles. The van der Waals surface area contributed by atoms with Crippen LogP contribution in [0.4, 0.5) is 0 Å². The summed E-state index contributed by atoms with van der Waals surface area (Å²) in [6.07, 6.45) is 0.693. The number of hydrogen-bond acceptors (Lipinski definition) is 4. The van der Waals surface area contributed by atoms with Crippen molar-refractivity contribution < 1.29 is 9.53 Å². The number of carbonyl (C=O) groups excluding carboxylic acids is 1. The van der Waals surface area contributed by atoms with Gasteiger partial charge in [-0.1, -0.05) is 24.3 Å². The van der Waals surface area contributed by atoms with Gasteiger partial charge in [0.25, 0.3) is 11.5 Å². The highest BCUT2D eigenvalue weighted by Crippen LogP contribution is 2.12. The fraction of sp³-hybridized carbons (Fsp3) is 0.286. The van der Waals surface area contributed by atoms with Crippen LogP contribution in [0.1, 0.15) is 27.9 Å². The number of benzene rings is 2. The van der Waals surface area contributed by atoms with Crippen LogP contribution in [-0.4, -0.2) is 29.2 Å². The molecule has 0 radical (unpaired) electrons. The number of aromatic amines is 1. The normalized spacial score (nSPS) is 10.9. The highest BCUT2D eigenvalue weighted by atomic mass is 32.1. The van der Waals surface area contributed by atoms with Crippen molar-refractivity contribution in [2.75, 3.05) is 13.7 Å². The van der Waals surface area contributed by atoms with Crippen molar-refractivity contribution in [2.45, 2.75) is 26.4 Å². The molecule has 0 spiro atoms. The molecule has 3 aromatic rings. The summed E-state index contributed by atoms with van der Waals surface area (Å²) >= 11 is 5.32. The molecule has 1 aromatic heterocycles. The fourth-order valence-electron chi connectivity index (χ4n) is 3.05. The van der Waals surface area contributed by atoms with Gasteiger partial charge in [0.2, 0.25) is 0 Å². The summed E-state index contributed by atoms with van der Waals surface area (Å²) in [5.41, 5.74) is 3.06. The molecule has 2 aromatic carbocycles. The largest absolute Gasteiger partial charge is 0.385 e. The Morgan fingerprint density at radius 1 is 1.25 bits per heavy atom. The molecule has 6 nitrogen and oxygen atoms in total. The molecule has 0 saturated heterocycles. The zero-order valence-corrected chi connectivity index (χ0v) is 16.8. The third-order valence-corrected chi connectivity index (χ3v) is 5.00. The van der Waals surface area contributed by atoms with E-state index in [1.54, 1.807) is 25.3 Å². The number of aryl methyl sites for hydroxylation is 1. The second-order valence-corrected chi connectivity index (χ2v) is 6.99. The Hall–Kier alpha value is -2.77. The Kier molecular flexibility index (Phi) is 6.38. The van der Waals surface area contributed by atoms with Gasteiger partial charge in [-0.15, -0.1) is 0 Å². The van der Waals surface area contributed by atoms with Crippen LogP contribution in [0.15, 0.2) is 47.3 Å². The topological polar surface area (TPSA) is 76.1 Å². The number of nitrogens with zero attached hydrogens (tertiary/aromatic N) is 1. The molecule has 0 atom stereocenters. The lowest BCUT2D eigenvalue weighted by molar-refractivity contribution is 0.0951. The first-order valence-corrected chi connectivity index (χ1v) is 9.50. The van der Waals surface area contributed by atoms with Gasteiger partial charge in [0.15, 0.2) is 4.77 Å². The molecular weight excluding hydrogens is 374 g/mol. The second kappa shape index (κ2) is 8.95. The monoisotopic (exact) mass is 397 g/mol. The Morgan fingerprint density at radius 2 is 2.04 bits per heavy atom. The summed E-state index contributed by atoms with van der Waals surface area (Å²) in [6.45, 7) is 3.49. The number of methoxy groups -OCH3 is 1. The van der Waals surface area contributed by atoms with Gasteiger partial charge in [-0.05, 0) is 54.9 Å². The number of hydrogen-bond donors (Lipinski definition) is 2. The highest BCUT2D eigenvalue weighted by molar-refractivity contribution is 7.71. The lowest BCUT2D eigenvalue weighted by Crippen LogP contribution is -2.25. The van der Waals surface area contributed by atoms with Crippen molar-refractivity contribution in [2.24, 2.45) is 0 Å². The van der Waals surface area contributed by atoms with E-state index in [9.17, 15) is 9.59 Å². The molecule has 3 rings (SSSR count). The van der Waals surface area contributed by atoms with Crippen LogP contribution >= 0.6 is 12.2 Å². The predicted octanol–water partition coefficient (Wildman–Crippen LogP) is 3.33. The van der Waals surface area contributed by atoms with Gasteiger partial charge >= 0.3 is 0 Å². The number of rotatable bonds is 7. The molecule has 0 aliphatic rings. The van der Waals surface area contributed by atoms with Gasteiger partial charge in [-0.25, -0.2) is 0 Å². The Morgan fingerprint density at radius 3 is 2.79 bits per heavy atom. The van der Waals surface area contributed by atoms with Crippen molar-refractivity contribution in [3.8, 4) is 0 Å². The van der Waals surface area contributed by atoms with E-state index in [4.69, 9.17) is 17.0 Å². The molecule has 0 aliphatic heterocycles. The Labute approximate surface area is 168 Å². The minimum Gasteiger partial charge on any atom is -0.385 e. The molecule has 0 saturated carbocycles. The van der Waals surface area contributed by atoms with Gasteiger partial charge < -0.3 is 15.0 Å². The quantitative estimate of drug-likeness (QED) is 0.474. The van der Waals surface area contributed by atoms with Crippen LogP contribution in [0.3, 0.4) is 0 Å². The number of nitrogens with one attached hydrogen (secondary N) is 2. The van der Waals surface area contributed by atoms with E-state index < -0.39 is 0 Å². The summed E-state index contributed by atoms with van der Waals surface area (Å²) in [4.78, 5) is 28.3. The first-order valence-electron chi connectivity index (χ1n) is 9.10. The summed E-state index contributed by atoms with van der Waals surface area (Å²) in [7, 11) is 1.62. The zero-order chi connectivity index (χ0) is 20.1. The average molecular weight is 398 g/mol. The molecule has 7 heteroatoms. The summed E-state index contributed by atoms with van der Waals surface area (Å²) in [5.74, 6) is -0.200. The van der Waals surface area contributed by atoms with E-state index in [-0.39, 0.29) is 11.5 Å². The van der Waals surface area contributed by atoms with E-state index in [1.165, 1.54) is 4.57 Å². The standard InChI is InChI=1S/C21H23N3O3S/c1-14-6-3-4-7-16(14)13-22-19(25)15-8-9-17-18(12-15)23-21(28)24(20(17)26)10-5-11-27-2/h3-4,6-9,12H,5,10-11,13H2,1-2H3,(H,22,25)(H,23,28). The van der Waals surface area contributed by atoms with Gasteiger partial charge in [0, 0.05) is 32.4 Å². The summed E-state index contributed by atoms with van der Waals surface area (Å²) in [6, 6.07) is 12.9. The van der Waals surface area contributed by atoms with Crippen LogP contribution < -0.4 is 10.9 Å². The molecule has 0 bridgehead atoms. The molecule has 1 amide bonds. The number of aromatic nitrogens is 2. The zero-order valence-electron chi connectivity index (χ0n) is 16.0. The van der Waals surface area contributed by atoms with E-state index in [0.717, 1.165) is 11.1 Å². The van der Waals surface area contributed by atoms with E-state index in [0.29, 0.717) is 47.4 Å². The third kappa shape index (κ3) is 4.37. The second-order valence-electron chi connectivity index (χ2n) is 6.60. The van der Waals surface area contributed by atoms with E-state index in [2.05, 4.69) is 10.3 Å². The minimum absolute atomic E-state index is 0.165. The van der Waals surface area contributed by atoms with Crippen LogP contribution in [0.25, 0.3) is 10.9 Å². The molecular formula is C21H23N3O3S. The minimum atomic E-state index is -0.200. The lowest BCUT2D eigenvalue weighted by Gasteiger charge is -2.10. The third-order valence-electron chi connectivity index (χ3n) is 4.67. The van der Waals surface area contributed by atoms with Crippen molar-refractivity contribution in [1.29, 1.82) is 0 Å². The maximum atomic E-state index is 12.7. The van der Waals surface area contributed by atoms with Gasteiger partial charge in [-0.3, -0.25) is 14.2 Å². The van der Waals surface area contributed by atoms with Gasteiger partial charge in [0.05, 0.1) is 10.9 Å². The first-order chi connectivity index (χ1) is 13.5. The first kappa shape index (κ1) is 20.0. The molecule has 2 N–H and O–H groups in total. The number of H-pyrrole nitrogens is 1. The fourth-order valence-corrected chi connectivity index (χ4v) is 3.34. The van der Waals surface area contributed by atoms with Crippen molar-refractivity contribution in [1.82, 2.24) is 14.9 Å². The van der Waals surface area contributed by atoms with Crippen molar-refractivity contribution >= 4 is 29.0 Å². The number of carbonyl (C=O) groups is 1. The Balaban J connectivity index is 1.83. The SMILES string of the molecule is COCCCn1c(=S)[nH]c2cc(C(=O)NCc3ccccc3C)ccc2c1=O.